The second-order valence-electron chi connectivity index (χ2n) is 4.55. The maximum absolute atomic E-state index is 10.9. The Kier molecular flexibility index (Phi) is 4.04. The molecule has 1 aliphatic carbocycles. The van der Waals surface area contributed by atoms with E-state index in [-0.39, 0.29) is 16.8 Å². The van der Waals surface area contributed by atoms with Gasteiger partial charge in [-0.25, -0.2) is 9.78 Å². The van der Waals surface area contributed by atoms with Gasteiger partial charge in [-0.1, -0.05) is 11.6 Å². The molecule has 98 valence electrons. The van der Waals surface area contributed by atoms with Gasteiger partial charge >= 0.3 is 5.97 Å². The van der Waals surface area contributed by atoms with Crippen LogP contribution in [0, 0.1) is 5.92 Å². The van der Waals surface area contributed by atoms with E-state index in [1.807, 2.05) is 0 Å². The van der Waals surface area contributed by atoms with Crippen molar-refractivity contribution in [1.29, 1.82) is 0 Å². The molecule has 0 aliphatic heterocycles. The van der Waals surface area contributed by atoms with E-state index in [9.17, 15) is 9.90 Å². The van der Waals surface area contributed by atoms with Crippen LogP contribution in [0.1, 0.15) is 29.8 Å². The van der Waals surface area contributed by atoms with E-state index in [4.69, 9.17) is 16.7 Å². The van der Waals surface area contributed by atoms with E-state index in [1.165, 1.54) is 6.07 Å². The minimum absolute atomic E-state index is 0.129. The molecule has 1 aromatic heterocycles. The molecule has 1 fully saturated rings. The fraction of sp³-hybridized carbons (Fsp3) is 0.500. The highest BCUT2D eigenvalue weighted by Gasteiger charge is 2.22. The summed E-state index contributed by atoms with van der Waals surface area (Å²) in [5.74, 6) is -0.233. The Morgan fingerprint density at radius 1 is 1.50 bits per heavy atom. The molecule has 0 spiro atoms. The molecular weight excluding hydrogens is 256 g/mol. The molecule has 1 saturated carbocycles. The van der Waals surface area contributed by atoms with Gasteiger partial charge in [0, 0.05) is 6.54 Å². The van der Waals surface area contributed by atoms with Crippen molar-refractivity contribution >= 4 is 23.4 Å². The lowest BCUT2D eigenvalue weighted by molar-refractivity contribution is 0.0691. The molecule has 2 rings (SSSR count). The molecule has 1 aromatic rings. The third-order valence-electron chi connectivity index (χ3n) is 3.13. The van der Waals surface area contributed by atoms with Crippen LogP contribution < -0.4 is 5.32 Å². The fourth-order valence-electron chi connectivity index (χ4n) is 2.17. The first kappa shape index (κ1) is 13.1. The lowest BCUT2D eigenvalue weighted by atomic mass is 10.1. The van der Waals surface area contributed by atoms with Gasteiger partial charge in [-0.15, -0.1) is 0 Å². The minimum Gasteiger partial charge on any atom is -0.476 e. The number of aromatic carboxylic acids is 1. The lowest BCUT2D eigenvalue weighted by Crippen LogP contribution is -2.14. The number of nitrogens with zero attached hydrogens (tertiary/aromatic N) is 1. The van der Waals surface area contributed by atoms with Crippen molar-refractivity contribution in [2.45, 2.75) is 25.4 Å². The van der Waals surface area contributed by atoms with E-state index in [0.717, 1.165) is 19.3 Å². The summed E-state index contributed by atoms with van der Waals surface area (Å²) in [6.07, 6.45) is 2.39. The van der Waals surface area contributed by atoms with Gasteiger partial charge in [0.05, 0.1) is 11.1 Å². The third kappa shape index (κ3) is 3.11. The summed E-state index contributed by atoms with van der Waals surface area (Å²) >= 11 is 5.73. The Morgan fingerprint density at radius 2 is 2.28 bits per heavy atom. The van der Waals surface area contributed by atoms with E-state index in [0.29, 0.717) is 18.3 Å². The van der Waals surface area contributed by atoms with Crippen LogP contribution in [0.5, 0.6) is 0 Å². The van der Waals surface area contributed by atoms with Gasteiger partial charge in [0.15, 0.2) is 5.69 Å². The topological polar surface area (TPSA) is 82.5 Å². The second-order valence-corrected chi connectivity index (χ2v) is 4.95. The van der Waals surface area contributed by atoms with E-state index < -0.39 is 5.97 Å². The van der Waals surface area contributed by atoms with Gasteiger partial charge in [0.1, 0.15) is 5.82 Å². The number of hydrogen-bond donors (Lipinski definition) is 3. The zero-order valence-corrected chi connectivity index (χ0v) is 10.5. The van der Waals surface area contributed by atoms with E-state index in [1.54, 1.807) is 6.07 Å². The number of carbonyl (C=O) groups is 1. The molecule has 3 N–H and O–H groups in total. The Bertz CT molecular complexity index is 453. The number of aliphatic hydroxyl groups is 1. The zero-order chi connectivity index (χ0) is 13.1. The molecule has 1 aliphatic rings. The average Bonchev–Trinajstić information content (AvgIpc) is 2.74. The molecule has 18 heavy (non-hydrogen) atoms. The van der Waals surface area contributed by atoms with Gasteiger partial charge in [-0.3, -0.25) is 0 Å². The molecule has 5 nitrogen and oxygen atoms in total. The highest BCUT2D eigenvalue weighted by Crippen LogP contribution is 2.25. The first-order valence-corrected chi connectivity index (χ1v) is 6.26. The Morgan fingerprint density at radius 3 is 2.89 bits per heavy atom. The van der Waals surface area contributed by atoms with Crippen molar-refractivity contribution in [1.82, 2.24) is 4.98 Å². The predicted molar refractivity (Wildman–Crippen MR) is 68.0 cm³/mol. The Balaban J connectivity index is 1.97. The van der Waals surface area contributed by atoms with Gasteiger partial charge in [-0.2, -0.15) is 0 Å². The van der Waals surface area contributed by atoms with Crippen molar-refractivity contribution in [2.75, 3.05) is 11.9 Å². The van der Waals surface area contributed by atoms with E-state index in [2.05, 4.69) is 10.3 Å². The first-order chi connectivity index (χ1) is 8.56. The summed E-state index contributed by atoms with van der Waals surface area (Å²) in [5, 5.41) is 21.5. The van der Waals surface area contributed by atoms with Gasteiger partial charge in [0.25, 0.3) is 0 Å². The second kappa shape index (κ2) is 5.54. The van der Waals surface area contributed by atoms with Crippen LogP contribution in [-0.4, -0.2) is 33.8 Å². The highest BCUT2D eigenvalue weighted by atomic mass is 35.5. The SMILES string of the molecule is O=C(O)c1nc(NCC2CCC(O)C2)ccc1Cl. The first-order valence-electron chi connectivity index (χ1n) is 5.88. The fourth-order valence-corrected chi connectivity index (χ4v) is 2.36. The molecule has 0 amide bonds. The van der Waals surface area contributed by atoms with Crippen LogP contribution in [0.15, 0.2) is 12.1 Å². The number of carboxylic acids is 1. The van der Waals surface area contributed by atoms with Gasteiger partial charge in [0.2, 0.25) is 0 Å². The third-order valence-corrected chi connectivity index (χ3v) is 3.44. The molecule has 0 aromatic carbocycles. The number of pyridine rings is 1. The Labute approximate surface area is 110 Å². The minimum atomic E-state index is -1.14. The molecule has 6 heteroatoms. The van der Waals surface area contributed by atoms with Crippen LogP contribution in [0.25, 0.3) is 0 Å². The largest absolute Gasteiger partial charge is 0.476 e. The number of halogens is 1. The number of rotatable bonds is 4. The number of aliphatic hydroxyl groups excluding tert-OH is 1. The van der Waals surface area contributed by atoms with Crippen molar-refractivity contribution in [2.24, 2.45) is 5.92 Å². The standard InChI is InChI=1S/C12H15ClN2O3/c13-9-3-4-10(15-11(9)12(17)18)14-6-7-1-2-8(16)5-7/h3-4,7-8,16H,1-2,5-6H2,(H,14,15)(H,17,18). The van der Waals surface area contributed by atoms with Crippen LogP contribution in [0.4, 0.5) is 5.82 Å². The van der Waals surface area contributed by atoms with Crippen LogP contribution in [0.3, 0.4) is 0 Å². The quantitative estimate of drug-likeness (QED) is 0.780. The highest BCUT2D eigenvalue weighted by molar-refractivity contribution is 6.33. The van der Waals surface area contributed by atoms with Crippen molar-refractivity contribution in [3.63, 3.8) is 0 Å². The summed E-state index contributed by atoms with van der Waals surface area (Å²) in [7, 11) is 0. The van der Waals surface area contributed by atoms with Gasteiger partial charge in [-0.05, 0) is 37.3 Å². The summed E-state index contributed by atoms with van der Waals surface area (Å²) in [6, 6.07) is 3.17. The molecule has 0 saturated heterocycles. The summed E-state index contributed by atoms with van der Waals surface area (Å²) < 4.78 is 0. The van der Waals surface area contributed by atoms with Gasteiger partial charge < -0.3 is 15.5 Å². The van der Waals surface area contributed by atoms with Crippen LogP contribution >= 0.6 is 11.6 Å². The Hall–Kier alpha value is -1.33. The average molecular weight is 271 g/mol. The van der Waals surface area contributed by atoms with Crippen LogP contribution in [-0.2, 0) is 0 Å². The number of aromatic nitrogens is 1. The number of nitrogens with one attached hydrogen (secondary N) is 1. The summed E-state index contributed by atoms with van der Waals surface area (Å²) in [5.41, 5.74) is -0.145. The maximum Gasteiger partial charge on any atom is 0.356 e. The normalized spacial score (nSPS) is 23.0. The smallest absolute Gasteiger partial charge is 0.356 e. The van der Waals surface area contributed by atoms with Crippen LogP contribution in [0.2, 0.25) is 5.02 Å². The van der Waals surface area contributed by atoms with Crippen molar-refractivity contribution < 1.29 is 15.0 Å². The molecule has 2 unspecified atom stereocenters. The monoisotopic (exact) mass is 270 g/mol. The predicted octanol–water partition coefficient (Wildman–Crippen LogP) is 2.01. The summed E-state index contributed by atoms with van der Waals surface area (Å²) in [6.45, 7) is 0.685. The molecule has 0 radical (unpaired) electrons. The number of carboxylic acid groups (broad SMARTS) is 1. The van der Waals surface area contributed by atoms with Crippen molar-refractivity contribution in [3.05, 3.63) is 22.8 Å². The zero-order valence-electron chi connectivity index (χ0n) is 9.77. The maximum atomic E-state index is 10.9. The van der Waals surface area contributed by atoms with E-state index >= 15 is 0 Å². The van der Waals surface area contributed by atoms with Crippen molar-refractivity contribution in [3.8, 4) is 0 Å². The molecule has 2 atom stereocenters. The summed E-state index contributed by atoms with van der Waals surface area (Å²) in [4.78, 5) is 14.8. The molecular formula is C12H15ClN2O3. The lowest BCUT2D eigenvalue weighted by Gasteiger charge is -2.11. The number of hydrogen-bond acceptors (Lipinski definition) is 4. The molecule has 1 heterocycles. The number of anilines is 1. The molecule has 0 bridgehead atoms.